The van der Waals surface area contributed by atoms with Gasteiger partial charge >= 0.3 is 0 Å². The van der Waals surface area contributed by atoms with Crippen LogP contribution in [-0.2, 0) is 16.0 Å². The number of ether oxygens (including phenoxy) is 3. The van der Waals surface area contributed by atoms with Gasteiger partial charge in [0.05, 0.1) is 24.8 Å². The molecule has 2 aliphatic rings. The van der Waals surface area contributed by atoms with Crippen LogP contribution >= 0.6 is 0 Å². The third kappa shape index (κ3) is 6.70. The zero-order valence-electron chi connectivity index (χ0n) is 25.1. The number of carbonyl (C=O) groups is 2. The summed E-state index contributed by atoms with van der Waals surface area (Å²) in [6.07, 6.45) is 3.89. The van der Waals surface area contributed by atoms with E-state index in [1.165, 1.54) is 0 Å². The number of amides is 1. The Morgan fingerprint density at radius 3 is 2.51 bits per heavy atom. The molecule has 0 aromatic heterocycles. The number of fused-ring (bicyclic) bond motifs is 1. The molecule has 2 aliphatic heterocycles. The normalized spacial score (nSPS) is 19.5. The fraction of sp³-hybridized carbons (Fsp3) is 0.515. The van der Waals surface area contributed by atoms with E-state index in [0.29, 0.717) is 48.9 Å². The van der Waals surface area contributed by atoms with E-state index in [9.17, 15) is 14.7 Å². The Hall–Kier alpha value is -3.52. The summed E-state index contributed by atoms with van der Waals surface area (Å²) < 4.78 is 17.8. The molecule has 2 aromatic rings. The monoisotopic (exact) mass is 564 g/mol. The molecule has 1 saturated heterocycles. The lowest BCUT2D eigenvalue weighted by Gasteiger charge is -2.28. The van der Waals surface area contributed by atoms with E-state index in [1.807, 2.05) is 44.2 Å². The minimum atomic E-state index is -0.762. The number of ketones is 1. The highest BCUT2D eigenvalue weighted by molar-refractivity contribution is 6.46. The number of likely N-dealkylation sites (tertiary alicyclic amines) is 1. The quantitative estimate of drug-likeness (QED) is 0.135. The number of aliphatic hydroxyl groups excluding tert-OH is 1. The third-order valence-electron chi connectivity index (χ3n) is 7.85. The highest BCUT2D eigenvalue weighted by Gasteiger charge is 2.46. The van der Waals surface area contributed by atoms with Gasteiger partial charge in [0.15, 0.2) is 11.5 Å². The number of Topliss-reactive ketones (excluding diaryl/α,β-unsaturated/α-hetero) is 1. The lowest BCUT2D eigenvalue weighted by atomic mass is 9.94. The van der Waals surface area contributed by atoms with Gasteiger partial charge in [0.2, 0.25) is 0 Å². The molecule has 0 unspecified atom stereocenters. The first kappa shape index (κ1) is 30.4. The van der Waals surface area contributed by atoms with Crippen molar-refractivity contribution >= 4 is 17.4 Å². The van der Waals surface area contributed by atoms with Crippen LogP contribution < -0.4 is 14.2 Å². The van der Waals surface area contributed by atoms with Crippen molar-refractivity contribution in [3.63, 3.8) is 0 Å². The highest BCUT2D eigenvalue weighted by Crippen LogP contribution is 2.43. The molecule has 1 fully saturated rings. The van der Waals surface area contributed by atoms with Crippen molar-refractivity contribution in [2.24, 2.45) is 0 Å². The van der Waals surface area contributed by atoms with Crippen LogP contribution in [0.3, 0.4) is 0 Å². The van der Waals surface area contributed by atoms with Crippen molar-refractivity contribution in [3.8, 4) is 17.2 Å². The van der Waals surface area contributed by atoms with Gasteiger partial charge in [-0.1, -0.05) is 39.7 Å². The second-order valence-electron chi connectivity index (χ2n) is 10.7. The molecule has 4 rings (SSSR count). The molecular formula is C33H44N2O6. The van der Waals surface area contributed by atoms with Gasteiger partial charge in [0.1, 0.15) is 17.6 Å². The lowest BCUT2D eigenvalue weighted by Crippen LogP contribution is -2.38. The number of likely N-dealkylation sites (N-methyl/N-ethyl adjacent to an activating group) is 1. The van der Waals surface area contributed by atoms with Gasteiger partial charge in [-0.3, -0.25) is 9.59 Å². The molecule has 8 heteroatoms. The second-order valence-corrected chi connectivity index (χ2v) is 10.7. The maximum atomic E-state index is 13.6. The fourth-order valence-corrected chi connectivity index (χ4v) is 5.59. The van der Waals surface area contributed by atoms with Crippen molar-refractivity contribution in [2.45, 2.75) is 72.4 Å². The Labute approximate surface area is 243 Å². The van der Waals surface area contributed by atoms with Crippen LogP contribution in [-0.4, -0.2) is 72.1 Å². The SMILES string of the molecule is CCCCCOc1ccc([C@@H]2C(=C(O)c3ccc4c(c3)C[C@@H](C)O4)C(=O)C(=O)N2CCN(CC)CC)cc1OCC. The van der Waals surface area contributed by atoms with Crippen LogP contribution in [0.2, 0.25) is 0 Å². The first-order valence-corrected chi connectivity index (χ1v) is 15.0. The topological polar surface area (TPSA) is 88.5 Å². The van der Waals surface area contributed by atoms with Gasteiger partial charge in [0, 0.05) is 25.1 Å². The van der Waals surface area contributed by atoms with Crippen LogP contribution in [0.4, 0.5) is 0 Å². The number of carbonyl (C=O) groups excluding carboxylic acids is 2. The van der Waals surface area contributed by atoms with Crippen LogP contribution in [0.15, 0.2) is 42.0 Å². The summed E-state index contributed by atoms with van der Waals surface area (Å²) in [6.45, 7) is 13.8. The number of unbranched alkanes of at least 4 members (excludes halogenated alkanes) is 2. The average molecular weight is 565 g/mol. The van der Waals surface area contributed by atoms with Gasteiger partial charge in [-0.15, -0.1) is 0 Å². The van der Waals surface area contributed by atoms with E-state index in [2.05, 4.69) is 25.7 Å². The van der Waals surface area contributed by atoms with Crippen LogP contribution in [0.25, 0.3) is 5.76 Å². The fourth-order valence-electron chi connectivity index (χ4n) is 5.59. The summed E-state index contributed by atoms with van der Waals surface area (Å²) >= 11 is 0. The zero-order valence-corrected chi connectivity index (χ0v) is 25.1. The van der Waals surface area contributed by atoms with Crippen molar-refractivity contribution in [3.05, 3.63) is 58.7 Å². The summed E-state index contributed by atoms with van der Waals surface area (Å²) in [5, 5.41) is 11.6. The molecule has 8 nitrogen and oxygen atoms in total. The van der Waals surface area contributed by atoms with Crippen LogP contribution in [0.5, 0.6) is 17.2 Å². The van der Waals surface area contributed by atoms with Crippen LogP contribution in [0.1, 0.15) is 76.6 Å². The predicted octanol–water partition coefficient (Wildman–Crippen LogP) is 5.74. The second kappa shape index (κ2) is 13.9. The van der Waals surface area contributed by atoms with Crippen molar-refractivity contribution in [1.29, 1.82) is 0 Å². The molecule has 0 spiro atoms. The van der Waals surface area contributed by atoms with Crippen molar-refractivity contribution in [2.75, 3.05) is 39.4 Å². The Kier molecular flexibility index (Phi) is 10.3. The molecule has 1 N–H and O–H groups in total. The van der Waals surface area contributed by atoms with Gasteiger partial charge in [-0.25, -0.2) is 0 Å². The molecule has 0 radical (unpaired) electrons. The van der Waals surface area contributed by atoms with Crippen LogP contribution in [0, 0.1) is 0 Å². The van der Waals surface area contributed by atoms with Gasteiger partial charge in [-0.2, -0.15) is 0 Å². The summed E-state index contributed by atoms with van der Waals surface area (Å²) in [6, 6.07) is 10.2. The minimum absolute atomic E-state index is 0.0488. The van der Waals surface area contributed by atoms with E-state index in [0.717, 1.165) is 50.1 Å². The molecule has 41 heavy (non-hydrogen) atoms. The first-order chi connectivity index (χ1) is 19.8. The molecule has 1 amide bonds. The van der Waals surface area contributed by atoms with E-state index < -0.39 is 17.7 Å². The summed E-state index contributed by atoms with van der Waals surface area (Å²) in [7, 11) is 0. The molecule has 0 saturated carbocycles. The predicted molar refractivity (Wildman–Crippen MR) is 160 cm³/mol. The Balaban J connectivity index is 1.77. The summed E-state index contributed by atoms with van der Waals surface area (Å²) in [5.41, 5.74) is 2.24. The van der Waals surface area contributed by atoms with Gasteiger partial charge in [-0.05, 0) is 74.8 Å². The number of rotatable bonds is 14. The van der Waals surface area contributed by atoms with E-state index in [-0.39, 0.29) is 17.4 Å². The van der Waals surface area contributed by atoms with E-state index in [4.69, 9.17) is 14.2 Å². The maximum Gasteiger partial charge on any atom is 0.295 e. The summed E-state index contributed by atoms with van der Waals surface area (Å²) in [5.74, 6) is 0.480. The molecule has 222 valence electrons. The highest BCUT2D eigenvalue weighted by atomic mass is 16.5. The van der Waals surface area contributed by atoms with Gasteiger partial charge in [0.25, 0.3) is 11.7 Å². The van der Waals surface area contributed by atoms with Crippen molar-refractivity contribution < 1.29 is 28.9 Å². The lowest BCUT2D eigenvalue weighted by molar-refractivity contribution is -0.140. The number of nitrogens with zero attached hydrogens (tertiary/aromatic N) is 2. The Bertz CT molecular complexity index is 1270. The standard InChI is InChI=1S/C33H44N2O6/c1-6-10-11-18-40-27-15-12-23(21-28(27)39-9-4)30-29(32(37)33(38)35(30)17-16-34(7-2)8-3)31(36)24-13-14-26-25(20-24)19-22(5)41-26/h12-15,20-22,30,36H,6-11,16-19H2,1-5H3/t22-,30-/m1/s1. The zero-order chi connectivity index (χ0) is 29.5. The number of benzene rings is 2. The average Bonchev–Trinajstić information content (AvgIpc) is 3.47. The smallest absolute Gasteiger partial charge is 0.295 e. The Morgan fingerprint density at radius 1 is 1.02 bits per heavy atom. The third-order valence-corrected chi connectivity index (χ3v) is 7.85. The Morgan fingerprint density at radius 2 is 1.80 bits per heavy atom. The molecule has 0 aliphatic carbocycles. The largest absolute Gasteiger partial charge is 0.507 e. The molecule has 2 aromatic carbocycles. The minimum Gasteiger partial charge on any atom is -0.507 e. The number of hydrogen-bond donors (Lipinski definition) is 1. The van der Waals surface area contributed by atoms with Gasteiger partial charge < -0.3 is 29.1 Å². The van der Waals surface area contributed by atoms with Crippen molar-refractivity contribution in [1.82, 2.24) is 9.80 Å². The van der Waals surface area contributed by atoms with E-state index in [1.54, 1.807) is 11.0 Å². The molecule has 0 bridgehead atoms. The molecular weight excluding hydrogens is 520 g/mol. The molecule has 2 heterocycles. The number of aliphatic hydroxyl groups is 1. The number of hydrogen-bond acceptors (Lipinski definition) is 7. The first-order valence-electron chi connectivity index (χ1n) is 15.0. The summed E-state index contributed by atoms with van der Waals surface area (Å²) in [4.78, 5) is 30.8. The molecule has 2 atom stereocenters. The maximum absolute atomic E-state index is 13.6. The van der Waals surface area contributed by atoms with E-state index >= 15 is 0 Å².